The fourth-order valence-electron chi connectivity index (χ4n) is 11.3. The zero-order valence-electron chi connectivity index (χ0n) is 52.8. The van der Waals surface area contributed by atoms with Crippen LogP contribution in [0.5, 0.6) is 0 Å². The molecule has 0 aromatic rings. The summed E-state index contributed by atoms with van der Waals surface area (Å²) in [6.07, 6.45) is 78.8. The van der Waals surface area contributed by atoms with E-state index in [1.165, 1.54) is 321 Å². The Kier molecular flexibility index (Phi) is 65.5. The molecule has 6 heteroatoms. The number of ether oxygens (including phenoxy) is 3. The van der Waals surface area contributed by atoms with Crippen LogP contribution in [0, 0.1) is 0 Å². The van der Waals surface area contributed by atoms with Crippen LogP contribution in [0.15, 0.2) is 0 Å². The van der Waals surface area contributed by atoms with Crippen molar-refractivity contribution in [1.82, 2.24) is 0 Å². The van der Waals surface area contributed by atoms with Crippen molar-refractivity contribution >= 4 is 17.9 Å². The Hall–Kier alpha value is -1.59. The summed E-state index contributed by atoms with van der Waals surface area (Å²) in [7, 11) is 0. The number of rotatable bonds is 67. The van der Waals surface area contributed by atoms with Gasteiger partial charge in [-0.2, -0.15) is 0 Å². The fourth-order valence-corrected chi connectivity index (χ4v) is 11.3. The molecule has 0 amide bonds. The first-order valence-corrected chi connectivity index (χ1v) is 35.5. The van der Waals surface area contributed by atoms with Crippen LogP contribution < -0.4 is 0 Å². The standard InChI is InChI=1S/C71H138O6/c1-4-7-10-13-16-19-21-23-25-27-29-31-33-35-37-38-40-42-44-46-48-50-52-55-58-61-64-70(73)76-67-68(66-75-69(72)63-60-57-54-18-15-12-9-6-3)77-71(74)65-62-59-56-53-51-49-47-45-43-41-39-36-34-32-30-28-26-24-22-20-17-14-11-8-5-2/h68H,4-67H2,1-3H3. The van der Waals surface area contributed by atoms with Crippen molar-refractivity contribution in [3.8, 4) is 0 Å². The number of carbonyl (C=O) groups is 3. The van der Waals surface area contributed by atoms with Gasteiger partial charge in [-0.05, 0) is 19.3 Å². The molecule has 0 saturated carbocycles. The first-order chi connectivity index (χ1) is 38.0. The molecule has 6 nitrogen and oxygen atoms in total. The normalized spacial score (nSPS) is 11.9. The lowest BCUT2D eigenvalue weighted by Crippen LogP contribution is -2.30. The number of hydrogen-bond donors (Lipinski definition) is 0. The molecule has 0 heterocycles. The van der Waals surface area contributed by atoms with Crippen LogP contribution >= 0.6 is 0 Å². The first kappa shape index (κ1) is 75.4. The molecule has 0 saturated heterocycles. The van der Waals surface area contributed by atoms with Gasteiger partial charge in [0, 0.05) is 19.3 Å². The molecule has 0 radical (unpaired) electrons. The highest BCUT2D eigenvalue weighted by Crippen LogP contribution is 2.20. The fraction of sp³-hybridized carbons (Fsp3) is 0.958. The van der Waals surface area contributed by atoms with Gasteiger partial charge in [0.1, 0.15) is 13.2 Å². The monoisotopic (exact) mass is 1090 g/mol. The van der Waals surface area contributed by atoms with E-state index in [2.05, 4.69) is 20.8 Å². The van der Waals surface area contributed by atoms with Crippen LogP contribution in [0.3, 0.4) is 0 Å². The van der Waals surface area contributed by atoms with Crippen molar-refractivity contribution in [2.75, 3.05) is 13.2 Å². The van der Waals surface area contributed by atoms with Crippen molar-refractivity contribution in [3.05, 3.63) is 0 Å². The largest absolute Gasteiger partial charge is 0.462 e. The van der Waals surface area contributed by atoms with Gasteiger partial charge in [0.05, 0.1) is 0 Å². The molecule has 0 rings (SSSR count). The van der Waals surface area contributed by atoms with Crippen LogP contribution in [-0.4, -0.2) is 37.2 Å². The molecule has 0 aliphatic rings. The zero-order valence-corrected chi connectivity index (χ0v) is 52.8. The van der Waals surface area contributed by atoms with Crippen LogP contribution in [0.4, 0.5) is 0 Å². The second kappa shape index (κ2) is 66.9. The molecule has 0 aliphatic carbocycles. The molecule has 0 fully saturated rings. The first-order valence-electron chi connectivity index (χ1n) is 35.5. The molecule has 0 bridgehead atoms. The van der Waals surface area contributed by atoms with E-state index in [0.29, 0.717) is 19.3 Å². The van der Waals surface area contributed by atoms with Crippen molar-refractivity contribution in [2.45, 2.75) is 425 Å². The SMILES string of the molecule is CCCCCCCCCCCCCCCCCCCCCCCCCCCCC(=O)OCC(COC(=O)CCCCCCCCCC)OC(=O)CCCCCCCCCCCCCCCCCCCCCCCCCCC. The maximum atomic E-state index is 12.9. The Labute approximate surface area is 482 Å². The van der Waals surface area contributed by atoms with E-state index < -0.39 is 6.10 Å². The Balaban J connectivity index is 4.03. The lowest BCUT2D eigenvalue weighted by Gasteiger charge is -2.18. The van der Waals surface area contributed by atoms with E-state index in [1.54, 1.807) is 0 Å². The molecule has 0 aromatic carbocycles. The van der Waals surface area contributed by atoms with E-state index in [9.17, 15) is 14.4 Å². The summed E-state index contributed by atoms with van der Waals surface area (Å²) in [4.78, 5) is 38.2. The molecule has 1 unspecified atom stereocenters. The maximum Gasteiger partial charge on any atom is 0.306 e. The van der Waals surface area contributed by atoms with Gasteiger partial charge in [-0.1, -0.05) is 380 Å². The molecule has 0 N–H and O–H groups in total. The summed E-state index contributed by atoms with van der Waals surface area (Å²) >= 11 is 0. The van der Waals surface area contributed by atoms with E-state index in [-0.39, 0.29) is 31.1 Å². The van der Waals surface area contributed by atoms with Gasteiger partial charge in [-0.15, -0.1) is 0 Å². The molecular weight excluding hydrogens is 949 g/mol. The van der Waals surface area contributed by atoms with Gasteiger partial charge in [0.2, 0.25) is 0 Å². The average molecular weight is 1090 g/mol. The number of carbonyl (C=O) groups excluding carboxylic acids is 3. The van der Waals surface area contributed by atoms with Gasteiger partial charge < -0.3 is 14.2 Å². The minimum atomic E-state index is -0.762. The van der Waals surface area contributed by atoms with Crippen LogP contribution in [0.1, 0.15) is 419 Å². The van der Waals surface area contributed by atoms with Gasteiger partial charge in [0.25, 0.3) is 0 Å². The summed E-state index contributed by atoms with van der Waals surface area (Å²) in [5.41, 5.74) is 0. The topological polar surface area (TPSA) is 78.9 Å². The van der Waals surface area contributed by atoms with E-state index in [0.717, 1.165) is 57.8 Å². The molecule has 1 atom stereocenters. The van der Waals surface area contributed by atoms with Crippen LogP contribution in [-0.2, 0) is 28.6 Å². The molecule has 0 spiro atoms. The predicted octanol–water partition coefficient (Wildman–Crippen LogP) is 24.2. The highest BCUT2D eigenvalue weighted by atomic mass is 16.6. The average Bonchev–Trinajstić information content (AvgIpc) is 3.43. The summed E-state index contributed by atoms with van der Waals surface area (Å²) in [6.45, 7) is 6.71. The summed E-state index contributed by atoms with van der Waals surface area (Å²) in [5, 5.41) is 0. The summed E-state index contributed by atoms with van der Waals surface area (Å²) in [5.74, 6) is -0.829. The molecule has 458 valence electrons. The third-order valence-electron chi connectivity index (χ3n) is 16.6. The van der Waals surface area contributed by atoms with Gasteiger partial charge in [0.15, 0.2) is 6.10 Å². The second-order valence-electron chi connectivity index (χ2n) is 24.5. The Morgan fingerprint density at radius 3 is 0.519 bits per heavy atom. The minimum Gasteiger partial charge on any atom is -0.462 e. The van der Waals surface area contributed by atoms with Crippen molar-refractivity contribution in [1.29, 1.82) is 0 Å². The third-order valence-corrected chi connectivity index (χ3v) is 16.6. The highest BCUT2D eigenvalue weighted by molar-refractivity contribution is 5.71. The lowest BCUT2D eigenvalue weighted by molar-refractivity contribution is -0.167. The van der Waals surface area contributed by atoms with Crippen LogP contribution in [0.2, 0.25) is 0 Å². The highest BCUT2D eigenvalue weighted by Gasteiger charge is 2.19. The van der Waals surface area contributed by atoms with E-state index in [1.807, 2.05) is 0 Å². The van der Waals surface area contributed by atoms with Crippen molar-refractivity contribution < 1.29 is 28.6 Å². The Morgan fingerprint density at radius 2 is 0.351 bits per heavy atom. The van der Waals surface area contributed by atoms with Gasteiger partial charge in [-0.25, -0.2) is 0 Å². The summed E-state index contributed by atoms with van der Waals surface area (Å²) < 4.78 is 16.9. The minimum absolute atomic E-state index is 0.0609. The Morgan fingerprint density at radius 1 is 0.208 bits per heavy atom. The van der Waals surface area contributed by atoms with Crippen molar-refractivity contribution in [2.24, 2.45) is 0 Å². The molecular formula is C71H138O6. The second-order valence-corrected chi connectivity index (χ2v) is 24.5. The van der Waals surface area contributed by atoms with Crippen LogP contribution in [0.25, 0.3) is 0 Å². The molecule has 0 aromatic heterocycles. The lowest BCUT2D eigenvalue weighted by atomic mass is 10.0. The maximum absolute atomic E-state index is 12.9. The smallest absolute Gasteiger partial charge is 0.306 e. The number of hydrogen-bond acceptors (Lipinski definition) is 6. The Bertz CT molecular complexity index is 1160. The molecule has 0 aliphatic heterocycles. The number of unbranched alkanes of at least 4 members (excludes halogenated alkanes) is 56. The van der Waals surface area contributed by atoms with Gasteiger partial charge in [-0.3, -0.25) is 14.4 Å². The van der Waals surface area contributed by atoms with E-state index >= 15 is 0 Å². The summed E-state index contributed by atoms with van der Waals surface area (Å²) in [6, 6.07) is 0. The zero-order chi connectivity index (χ0) is 55.7. The number of esters is 3. The quantitative estimate of drug-likeness (QED) is 0.0343. The van der Waals surface area contributed by atoms with Gasteiger partial charge >= 0.3 is 17.9 Å². The third kappa shape index (κ3) is 65.1. The predicted molar refractivity (Wildman–Crippen MR) is 335 cm³/mol. The molecule has 77 heavy (non-hydrogen) atoms. The van der Waals surface area contributed by atoms with Crippen molar-refractivity contribution in [3.63, 3.8) is 0 Å². The van der Waals surface area contributed by atoms with E-state index in [4.69, 9.17) is 14.2 Å².